The highest BCUT2D eigenvalue weighted by molar-refractivity contribution is 6.02. The highest BCUT2D eigenvalue weighted by Gasteiger charge is 2.47. The van der Waals surface area contributed by atoms with Gasteiger partial charge in [0.1, 0.15) is 58.7 Å². The van der Waals surface area contributed by atoms with Crippen molar-refractivity contribution in [2.24, 2.45) is 0 Å². The van der Waals surface area contributed by atoms with Crippen LogP contribution in [0.15, 0.2) is 66.7 Å². The van der Waals surface area contributed by atoms with E-state index in [1.807, 2.05) is 0 Å². The van der Waals surface area contributed by atoms with Crippen LogP contribution in [-0.2, 0) is 14.3 Å². The van der Waals surface area contributed by atoms with Gasteiger partial charge in [-0.05, 0) is 41.5 Å². The molecule has 220 valence electrons. The molecule has 2 heterocycles. The molecule has 0 saturated carbocycles. The van der Waals surface area contributed by atoms with E-state index in [-0.39, 0.29) is 40.8 Å². The van der Waals surface area contributed by atoms with Crippen molar-refractivity contribution in [3.05, 3.63) is 83.4 Å². The lowest BCUT2D eigenvalue weighted by molar-refractivity contribution is -0.280. The van der Waals surface area contributed by atoms with Gasteiger partial charge in [-0.15, -0.1) is 0 Å². The number of ether oxygens (including phenoxy) is 4. The second-order valence-corrected chi connectivity index (χ2v) is 9.79. The number of ketones is 1. The fraction of sp³-hybridized carbons (Fsp3) is 0.267. The topological polar surface area (TPSA) is 192 Å². The molecule has 0 aromatic heterocycles. The predicted molar refractivity (Wildman–Crippen MR) is 144 cm³/mol. The van der Waals surface area contributed by atoms with Crippen LogP contribution in [0.4, 0.5) is 0 Å². The summed E-state index contributed by atoms with van der Waals surface area (Å²) in [5, 5.41) is 60.8. The molecule has 0 spiro atoms. The van der Waals surface area contributed by atoms with E-state index < -0.39 is 55.1 Å². The van der Waals surface area contributed by atoms with Crippen LogP contribution < -0.4 is 9.47 Å². The number of aromatic hydroxyl groups is 3. The smallest absolute Gasteiger partial charge is 0.331 e. The predicted octanol–water partition coefficient (Wildman–Crippen LogP) is 1.95. The summed E-state index contributed by atoms with van der Waals surface area (Å²) < 4.78 is 22.5. The Morgan fingerprint density at radius 3 is 2.29 bits per heavy atom. The molecule has 1 fully saturated rings. The molecule has 42 heavy (non-hydrogen) atoms. The molecule has 3 aromatic carbocycles. The van der Waals surface area contributed by atoms with Gasteiger partial charge in [0.25, 0.3) is 0 Å². The molecule has 0 aliphatic carbocycles. The van der Waals surface area contributed by atoms with Gasteiger partial charge in [-0.1, -0.05) is 24.3 Å². The molecule has 6 atom stereocenters. The molecule has 0 unspecified atom stereocenters. The third-order valence-electron chi connectivity index (χ3n) is 6.87. The number of Topliss-reactive ketones (excluding diaryl/α,β-unsaturated/α-hetero) is 1. The highest BCUT2D eigenvalue weighted by Crippen LogP contribution is 2.42. The zero-order valence-corrected chi connectivity index (χ0v) is 21.9. The van der Waals surface area contributed by atoms with E-state index in [9.17, 15) is 40.2 Å². The number of benzene rings is 3. The molecular formula is C30H28O12. The summed E-state index contributed by atoms with van der Waals surface area (Å²) in [6.07, 6.45) is -6.05. The lowest BCUT2D eigenvalue weighted by atomic mass is 9.95. The summed E-state index contributed by atoms with van der Waals surface area (Å²) >= 11 is 0. The third-order valence-corrected chi connectivity index (χ3v) is 6.87. The maximum absolute atomic E-state index is 12.8. The minimum absolute atomic E-state index is 0.0103. The minimum Gasteiger partial charge on any atom is -0.508 e. The van der Waals surface area contributed by atoms with Crippen molar-refractivity contribution < 1.29 is 59.2 Å². The molecule has 0 amide bonds. The van der Waals surface area contributed by atoms with Gasteiger partial charge in [0, 0.05) is 18.2 Å². The van der Waals surface area contributed by atoms with Crippen LogP contribution in [0.3, 0.4) is 0 Å². The van der Waals surface area contributed by atoms with E-state index in [1.165, 1.54) is 36.4 Å². The van der Waals surface area contributed by atoms with Crippen molar-refractivity contribution in [3.8, 4) is 28.7 Å². The number of carbonyl (C=O) groups excluding carboxylic acids is 2. The van der Waals surface area contributed by atoms with Crippen LogP contribution in [-0.4, -0.2) is 79.7 Å². The number of aliphatic hydroxyl groups is 3. The van der Waals surface area contributed by atoms with E-state index in [0.717, 1.165) is 12.1 Å². The lowest BCUT2D eigenvalue weighted by Gasteiger charge is -2.41. The fourth-order valence-corrected chi connectivity index (χ4v) is 4.71. The molecule has 6 N–H and O–H groups in total. The van der Waals surface area contributed by atoms with Gasteiger partial charge in [0.05, 0.1) is 13.0 Å². The Kier molecular flexibility index (Phi) is 8.31. The van der Waals surface area contributed by atoms with Gasteiger partial charge in [-0.3, -0.25) is 4.79 Å². The second kappa shape index (κ2) is 12.1. The quantitative estimate of drug-likeness (QED) is 0.176. The normalized spacial score (nSPS) is 25.5. The minimum atomic E-state index is -1.75. The molecular weight excluding hydrogens is 552 g/mol. The second-order valence-electron chi connectivity index (χ2n) is 9.79. The molecule has 1 saturated heterocycles. The van der Waals surface area contributed by atoms with Crippen LogP contribution in [0.2, 0.25) is 0 Å². The number of hydrogen-bond donors (Lipinski definition) is 6. The Bertz CT molecular complexity index is 1460. The monoisotopic (exact) mass is 580 g/mol. The molecule has 12 nitrogen and oxygen atoms in total. The largest absolute Gasteiger partial charge is 0.508 e. The standard InChI is InChI=1S/C30H28O12/c31-14-24-29(42-25(36)10-3-15-1-6-17(32)7-2-15)27(37)28(38)30(41-24)39-19-11-20(34)26-21(35)13-22(40-23(26)12-19)16-4-8-18(33)9-5-16/h1-12,22,24,27-34,37-38H,13-14H2/t22-,24+,27-,28+,29-,30-/m0/s1. The highest BCUT2D eigenvalue weighted by atomic mass is 16.7. The van der Waals surface area contributed by atoms with E-state index in [4.69, 9.17) is 18.9 Å². The van der Waals surface area contributed by atoms with Crippen molar-refractivity contribution in [2.75, 3.05) is 6.61 Å². The molecule has 12 heteroatoms. The average Bonchev–Trinajstić information content (AvgIpc) is 2.96. The zero-order chi connectivity index (χ0) is 30.0. The van der Waals surface area contributed by atoms with Crippen molar-refractivity contribution in [3.63, 3.8) is 0 Å². The summed E-state index contributed by atoms with van der Waals surface area (Å²) in [4.78, 5) is 25.2. The van der Waals surface area contributed by atoms with E-state index in [0.29, 0.717) is 11.1 Å². The number of hydrogen-bond acceptors (Lipinski definition) is 12. The molecule has 0 radical (unpaired) electrons. The molecule has 2 aliphatic rings. The average molecular weight is 581 g/mol. The third kappa shape index (κ3) is 6.16. The first-order valence-electron chi connectivity index (χ1n) is 13.0. The van der Waals surface area contributed by atoms with E-state index in [2.05, 4.69) is 0 Å². The van der Waals surface area contributed by atoms with Crippen LogP contribution in [0.5, 0.6) is 28.7 Å². The van der Waals surface area contributed by atoms with Gasteiger partial charge >= 0.3 is 5.97 Å². The number of fused-ring (bicyclic) bond motifs is 1. The lowest BCUT2D eigenvalue weighted by Crippen LogP contribution is -2.61. The van der Waals surface area contributed by atoms with Crippen molar-refractivity contribution in [2.45, 2.75) is 43.2 Å². The zero-order valence-electron chi connectivity index (χ0n) is 21.9. The Morgan fingerprint density at radius 1 is 0.952 bits per heavy atom. The first-order chi connectivity index (χ1) is 20.1. The maximum atomic E-state index is 12.8. The van der Waals surface area contributed by atoms with Gasteiger partial charge in [-0.2, -0.15) is 0 Å². The number of phenols is 3. The van der Waals surface area contributed by atoms with Gasteiger partial charge in [0.15, 0.2) is 11.9 Å². The van der Waals surface area contributed by atoms with E-state index in [1.54, 1.807) is 24.3 Å². The first kappa shape index (κ1) is 28.9. The van der Waals surface area contributed by atoms with Crippen LogP contribution in [0.1, 0.15) is 34.0 Å². The summed E-state index contributed by atoms with van der Waals surface area (Å²) in [6.45, 7) is -0.704. The van der Waals surface area contributed by atoms with E-state index >= 15 is 0 Å². The van der Waals surface area contributed by atoms with Crippen LogP contribution in [0.25, 0.3) is 6.08 Å². The fourth-order valence-electron chi connectivity index (χ4n) is 4.71. The summed E-state index contributed by atoms with van der Waals surface area (Å²) in [6, 6.07) is 14.5. The Hall–Kier alpha value is -4.62. The number of phenolic OH excluding ortho intramolecular Hbond substituents is 3. The first-order valence-corrected chi connectivity index (χ1v) is 13.0. The number of esters is 1. The summed E-state index contributed by atoms with van der Waals surface area (Å²) in [7, 11) is 0. The molecule has 2 aliphatic heterocycles. The van der Waals surface area contributed by atoms with Crippen molar-refractivity contribution in [1.29, 1.82) is 0 Å². The summed E-state index contributed by atoms with van der Waals surface area (Å²) in [5.41, 5.74) is 1.16. The maximum Gasteiger partial charge on any atom is 0.331 e. The van der Waals surface area contributed by atoms with Crippen LogP contribution >= 0.6 is 0 Å². The Balaban J connectivity index is 1.28. The number of aliphatic hydroxyl groups excluding tert-OH is 3. The number of rotatable bonds is 7. The number of carbonyl (C=O) groups is 2. The van der Waals surface area contributed by atoms with Crippen molar-refractivity contribution >= 4 is 17.8 Å². The van der Waals surface area contributed by atoms with Gasteiger partial charge < -0.3 is 49.6 Å². The molecule has 0 bridgehead atoms. The van der Waals surface area contributed by atoms with Gasteiger partial charge in [0.2, 0.25) is 6.29 Å². The van der Waals surface area contributed by atoms with Crippen molar-refractivity contribution in [1.82, 2.24) is 0 Å². The summed E-state index contributed by atoms with van der Waals surface area (Å²) in [5.74, 6) is -1.67. The van der Waals surface area contributed by atoms with Crippen LogP contribution in [0, 0.1) is 0 Å². The van der Waals surface area contributed by atoms with Gasteiger partial charge in [-0.25, -0.2) is 4.79 Å². The molecule has 3 aromatic rings. The molecule has 5 rings (SSSR count). The Morgan fingerprint density at radius 2 is 1.62 bits per heavy atom. The SMILES string of the molecule is O=C(C=Cc1ccc(O)cc1)O[C@@H]1[C@@H](O)[C@@H](O)[C@@H](Oc2cc(O)c3c(c2)O[C@H](c2ccc(O)cc2)CC3=O)O[C@@H]1CO. The Labute approximate surface area is 239 Å².